The highest BCUT2D eigenvalue weighted by Crippen LogP contribution is 2.22. The van der Waals surface area contributed by atoms with Gasteiger partial charge in [-0.15, -0.1) is 0 Å². The summed E-state index contributed by atoms with van der Waals surface area (Å²) >= 11 is 3.42. The molecule has 0 unspecified atom stereocenters. The Hall–Kier alpha value is -1.27. The molecule has 1 fully saturated rings. The summed E-state index contributed by atoms with van der Waals surface area (Å²) in [7, 11) is 1.63. The molecule has 1 aliphatic heterocycles. The van der Waals surface area contributed by atoms with Crippen LogP contribution in [0.25, 0.3) is 0 Å². The summed E-state index contributed by atoms with van der Waals surface area (Å²) in [5.41, 5.74) is 0.959. The van der Waals surface area contributed by atoms with Crippen molar-refractivity contribution in [3.8, 4) is 5.75 Å². The molecule has 1 saturated heterocycles. The van der Waals surface area contributed by atoms with Crippen LogP contribution >= 0.6 is 15.9 Å². The minimum absolute atomic E-state index is 0.0245. The lowest BCUT2D eigenvalue weighted by molar-refractivity contribution is 0.189. The highest BCUT2D eigenvalue weighted by atomic mass is 79.9. The van der Waals surface area contributed by atoms with Gasteiger partial charge in [-0.1, -0.05) is 15.9 Å². The molecule has 0 atom stereocenters. The first-order valence-electron chi connectivity index (χ1n) is 6.26. The molecule has 2 amide bonds. The summed E-state index contributed by atoms with van der Waals surface area (Å²) in [5.74, 6) is 0.781. The van der Waals surface area contributed by atoms with Gasteiger partial charge >= 0.3 is 6.03 Å². The Morgan fingerprint density at radius 2 is 2.21 bits per heavy atom. The number of nitrogens with zero attached hydrogens (tertiary/aromatic N) is 1. The first kappa shape index (κ1) is 14.1. The third kappa shape index (κ3) is 3.84. The maximum atomic E-state index is 12.0. The Labute approximate surface area is 121 Å². The summed E-state index contributed by atoms with van der Waals surface area (Å²) in [5, 5.41) is 6.15. The van der Waals surface area contributed by atoms with Gasteiger partial charge in [0.2, 0.25) is 0 Å². The van der Waals surface area contributed by atoms with Crippen molar-refractivity contribution in [1.82, 2.24) is 15.5 Å². The molecule has 0 radical (unpaired) electrons. The molecule has 0 saturated carbocycles. The Morgan fingerprint density at radius 1 is 1.47 bits per heavy atom. The van der Waals surface area contributed by atoms with Crippen molar-refractivity contribution in [2.75, 3.05) is 33.3 Å². The van der Waals surface area contributed by atoms with Crippen LogP contribution in [-0.2, 0) is 6.54 Å². The van der Waals surface area contributed by atoms with Crippen LogP contribution in [0.1, 0.15) is 5.56 Å². The summed E-state index contributed by atoms with van der Waals surface area (Å²) in [6.45, 7) is 3.68. The minimum Gasteiger partial charge on any atom is -0.496 e. The lowest BCUT2D eigenvalue weighted by Crippen LogP contribution is -2.50. The van der Waals surface area contributed by atoms with E-state index in [0.29, 0.717) is 6.54 Å². The Balaban J connectivity index is 1.94. The highest BCUT2D eigenvalue weighted by molar-refractivity contribution is 9.10. The second-order valence-electron chi connectivity index (χ2n) is 4.35. The van der Waals surface area contributed by atoms with Crippen LogP contribution < -0.4 is 15.4 Å². The number of benzene rings is 1. The summed E-state index contributed by atoms with van der Waals surface area (Å²) in [6.07, 6.45) is 0. The average molecular weight is 328 g/mol. The molecule has 2 N–H and O–H groups in total. The van der Waals surface area contributed by atoms with Crippen LogP contribution in [0.15, 0.2) is 22.7 Å². The fourth-order valence-electron chi connectivity index (χ4n) is 2.04. The number of hydrogen-bond donors (Lipinski definition) is 2. The second-order valence-corrected chi connectivity index (χ2v) is 5.27. The van der Waals surface area contributed by atoms with Gasteiger partial charge in [-0.3, -0.25) is 0 Å². The number of methoxy groups -OCH3 is 1. The third-order valence-corrected chi connectivity index (χ3v) is 3.57. The maximum Gasteiger partial charge on any atom is 0.317 e. The number of carbonyl (C=O) groups excluding carboxylic acids is 1. The highest BCUT2D eigenvalue weighted by Gasteiger charge is 2.16. The van der Waals surface area contributed by atoms with E-state index in [4.69, 9.17) is 4.74 Å². The van der Waals surface area contributed by atoms with Gasteiger partial charge in [0.05, 0.1) is 7.11 Å². The van der Waals surface area contributed by atoms with Crippen LogP contribution in [0.4, 0.5) is 4.79 Å². The largest absolute Gasteiger partial charge is 0.496 e. The summed E-state index contributed by atoms with van der Waals surface area (Å²) in [4.78, 5) is 13.8. The standard InChI is InChI=1S/C13H18BrN3O2/c1-19-12-3-2-11(14)8-10(12)9-16-13(18)17-6-4-15-5-7-17/h2-3,8,15H,4-7,9H2,1H3,(H,16,18). The number of amides is 2. The molecule has 1 aromatic rings. The average Bonchev–Trinajstić information content (AvgIpc) is 2.46. The van der Waals surface area contributed by atoms with Crippen LogP contribution in [-0.4, -0.2) is 44.2 Å². The molecule has 0 spiro atoms. The number of urea groups is 1. The number of piperazine rings is 1. The van der Waals surface area contributed by atoms with Crippen LogP contribution in [0.5, 0.6) is 5.75 Å². The Kier molecular flexibility index (Phi) is 5.04. The van der Waals surface area contributed by atoms with Gasteiger partial charge in [0.1, 0.15) is 5.75 Å². The van der Waals surface area contributed by atoms with E-state index in [-0.39, 0.29) is 6.03 Å². The fraction of sp³-hybridized carbons (Fsp3) is 0.462. The molecule has 5 nitrogen and oxygen atoms in total. The van der Waals surface area contributed by atoms with Gasteiger partial charge < -0.3 is 20.3 Å². The zero-order chi connectivity index (χ0) is 13.7. The SMILES string of the molecule is COc1ccc(Br)cc1CNC(=O)N1CCNCC1. The number of ether oxygens (including phenoxy) is 1. The first-order chi connectivity index (χ1) is 9.20. The van der Waals surface area contributed by atoms with Gasteiger partial charge in [0, 0.05) is 42.8 Å². The lowest BCUT2D eigenvalue weighted by atomic mass is 10.2. The van der Waals surface area contributed by atoms with Crippen molar-refractivity contribution in [2.45, 2.75) is 6.54 Å². The molecule has 0 bridgehead atoms. The first-order valence-corrected chi connectivity index (χ1v) is 7.06. The molecule has 19 heavy (non-hydrogen) atoms. The van der Waals surface area contributed by atoms with Crippen molar-refractivity contribution in [1.29, 1.82) is 0 Å². The zero-order valence-corrected chi connectivity index (χ0v) is 12.5. The topological polar surface area (TPSA) is 53.6 Å². The zero-order valence-electron chi connectivity index (χ0n) is 10.9. The summed E-state index contributed by atoms with van der Waals surface area (Å²) in [6, 6.07) is 5.73. The molecule has 1 heterocycles. The molecule has 1 aromatic carbocycles. The second kappa shape index (κ2) is 6.77. The molecule has 6 heteroatoms. The molecule has 1 aliphatic rings. The number of carbonyl (C=O) groups is 1. The molecule has 0 aliphatic carbocycles. The maximum absolute atomic E-state index is 12.0. The van der Waals surface area contributed by atoms with Gasteiger partial charge in [-0.05, 0) is 18.2 Å². The molecule has 104 valence electrons. The number of hydrogen-bond acceptors (Lipinski definition) is 3. The van der Waals surface area contributed by atoms with Crippen molar-refractivity contribution in [3.63, 3.8) is 0 Å². The van der Waals surface area contributed by atoms with Crippen LogP contribution in [0, 0.1) is 0 Å². The normalized spacial score (nSPS) is 15.2. The van der Waals surface area contributed by atoms with E-state index >= 15 is 0 Å². The quantitative estimate of drug-likeness (QED) is 0.886. The van der Waals surface area contributed by atoms with Crippen LogP contribution in [0.3, 0.4) is 0 Å². The van der Waals surface area contributed by atoms with E-state index in [9.17, 15) is 4.79 Å². The monoisotopic (exact) mass is 327 g/mol. The van der Waals surface area contributed by atoms with E-state index in [2.05, 4.69) is 26.6 Å². The fourth-order valence-corrected chi connectivity index (χ4v) is 2.44. The van der Waals surface area contributed by atoms with E-state index in [1.165, 1.54) is 0 Å². The van der Waals surface area contributed by atoms with Crippen molar-refractivity contribution in [2.24, 2.45) is 0 Å². The van der Waals surface area contributed by atoms with Crippen molar-refractivity contribution in [3.05, 3.63) is 28.2 Å². The van der Waals surface area contributed by atoms with Crippen molar-refractivity contribution >= 4 is 22.0 Å². The molecular weight excluding hydrogens is 310 g/mol. The smallest absolute Gasteiger partial charge is 0.317 e. The van der Waals surface area contributed by atoms with Gasteiger partial charge in [0.15, 0.2) is 0 Å². The number of nitrogens with one attached hydrogen (secondary N) is 2. The van der Waals surface area contributed by atoms with E-state index < -0.39 is 0 Å². The minimum atomic E-state index is -0.0245. The molecule has 2 rings (SSSR count). The van der Waals surface area contributed by atoms with Gasteiger partial charge in [-0.2, -0.15) is 0 Å². The predicted molar refractivity (Wildman–Crippen MR) is 77.4 cm³/mol. The van der Waals surface area contributed by atoms with Gasteiger partial charge in [-0.25, -0.2) is 4.79 Å². The van der Waals surface area contributed by atoms with Crippen molar-refractivity contribution < 1.29 is 9.53 Å². The third-order valence-electron chi connectivity index (χ3n) is 3.08. The number of rotatable bonds is 3. The Morgan fingerprint density at radius 3 is 2.89 bits per heavy atom. The van der Waals surface area contributed by atoms with Crippen LogP contribution in [0.2, 0.25) is 0 Å². The van der Waals surface area contributed by atoms with E-state index in [0.717, 1.165) is 42.0 Å². The Bertz CT molecular complexity index is 448. The lowest BCUT2D eigenvalue weighted by Gasteiger charge is -2.27. The van der Waals surface area contributed by atoms with E-state index in [1.807, 2.05) is 23.1 Å². The molecular formula is C13H18BrN3O2. The summed E-state index contributed by atoms with van der Waals surface area (Å²) < 4.78 is 6.25. The predicted octanol–water partition coefficient (Wildman–Crippen LogP) is 1.57. The number of halogens is 1. The van der Waals surface area contributed by atoms with E-state index in [1.54, 1.807) is 7.11 Å². The van der Waals surface area contributed by atoms with Gasteiger partial charge in [0.25, 0.3) is 0 Å². The molecule has 0 aromatic heterocycles.